The zero-order chi connectivity index (χ0) is 23.8. The Kier molecular flexibility index (Phi) is 7.67. The summed E-state index contributed by atoms with van der Waals surface area (Å²) in [5, 5.41) is 11.1. The first-order valence-corrected chi connectivity index (χ1v) is 11.1. The Morgan fingerprint density at radius 1 is 1.09 bits per heavy atom. The molecular formula is C25H27N5O4. The van der Waals surface area contributed by atoms with Crippen LogP contribution in [0.25, 0.3) is 11.0 Å². The molecule has 9 heteroatoms. The molecule has 1 unspecified atom stereocenters. The Morgan fingerprint density at radius 2 is 1.88 bits per heavy atom. The molecule has 0 aliphatic rings. The van der Waals surface area contributed by atoms with Crippen LogP contribution in [0.5, 0.6) is 0 Å². The molecule has 0 aliphatic heterocycles. The zero-order valence-corrected chi connectivity index (χ0v) is 19.0. The van der Waals surface area contributed by atoms with Crippen LogP contribution in [0.1, 0.15) is 17.4 Å². The maximum Gasteiger partial charge on any atom is 0.250 e. The van der Waals surface area contributed by atoms with E-state index in [2.05, 4.69) is 15.6 Å². The average Bonchev–Trinajstić information content (AvgIpc) is 3.53. The topological polar surface area (TPSA) is 102 Å². The Hall–Kier alpha value is -3.98. The van der Waals surface area contributed by atoms with E-state index in [-0.39, 0.29) is 18.4 Å². The lowest BCUT2D eigenvalue weighted by Gasteiger charge is -2.30. The highest BCUT2D eigenvalue weighted by molar-refractivity contribution is 5.88. The van der Waals surface area contributed by atoms with Crippen LogP contribution in [-0.2, 0) is 27.3 Å². The van der Waals surface area contributed by atoms with Crippen molar-refractivity contribution in [3.8, 4) is 0 Å². The fourth-order valence-corrected chi connectivity index (χ4v) is 3.79. The smallest absolute Gasteiger partial charge is 0.250 e. The minimum Gasteiger partial charge on any atom is -0.467 e. The van der Waals surface area contributed by atoms with Gasteiger partial charge < -0.3 is 19.4 Å². The van der Waals surface area contributed by atoms with Crippen molar-refractivity contribution in [3.63, 3.8) is 0 Å². The third kappa shape index (κ3) is 5.49. The number of benzene rings is 2. The van der Waals surface area contributed by atoms with Crippen molar-refractivity contribution in [2.45, 2.75) is 19.0 Å². The van der Waals surface area contributed by atoms with Gasteiger partial charge in [0.2, 0.25) is 5.91 Å². The summed E-state index contributed by atoms with van der Waals surface area (Å²) in [6.45, 7) is 0.941. The highest BCUT2D eigenvalue weighted by Gasteiger charge is 2.33. The number of furan rings is 1. The predicted octanol–water partition coefficient (Wildman–Crippen LogP) is 2.60. The van der Waals surface area contributed by atoms with Crippen molar-refractivity contribution in [2.24, 2.45) is 0 Å². The molecule has 9 nitrogen and oxygen atoms in total. The van der Waals surface area contributed by atoms with Crippen LogP contribution in [-0.4, -0.2) is 58.5 Å². The molecule has 0 aliphatic carbocycles. The van der Waals surface area contributed by atoms with Gasteiger partial charge in [-0.05, 0) is 36.2 Å². The molecule has 0 bridgehead atoms. The number of hydrogen-bond donors (Lipinski definition) is 1. The quantitative estimate of drug-likeness (QED) is 0.345. The van der Waals surface area contributed by atoms with Gasteiger partial charge in [0, 0.05) is 20.2 Å². The fraction of sp³-hybridized carbons (Fsp3) is 0.280. The summed E-state index contributed by atoms with van der Waals surface area (Å²) in [5.74, 6) is -0.216. The minimum absolute atomic E-state index is 0.0577. The van der Waals surface area contributed by atoms with Gasteiger partial charge in [0.05, 0.1) is 18.4 Å². The van der Waals surface area contributed by atoms with Crippen LogP contribution in [0.15, 0.2) is 77.4 Å². The maximum absolute atomic E-state index is 13.6. The normalized spacial score (nSPS) is 11.9. The van der Waals surface area contributed by atoms with Crippen molar-refractivity contribution >= 4 is 22.8 Å². The van der Waals surface area contributed by atoms with Crippen molar-refractivity contribution in [1.29, 1.82) is 0 Å². The van der Waals surface area contributed by atoms with Gasteiger partial charge >= 0.3 is 0 Å². The van der Waals surface area contributed by atoms with E-state index in [4.69, 9.17) is 9.15 Å². The molecule has 0 saturated carbocycles. The molecule has 1 atom stereocenters. The number of carbonyl (C=O) groups is 2. The number of aromatic nitrogens is 3. The molecule has 34 heavy (non-hydrogen) atoms. The Balaban J connectivity index is 1.63. The number of amides is 2. The second-order valence-corrected chi connectivity index (χ2v) is 7.76. The van der Waals surface area contributed by atoms with E-state index < -0.39 is 6.04 Å². The standard InChI is InChI=1S/C25H27N5O4/c1-33-17-14-26-25(32)24(22-12-7-16-34-22)29(15-13-19-8-3-2-4-9-19)23(31)18-30-21-11-6-5-10-20(21)27-28-30/h2-12,16,24H,13-15,17-18H2,1H3,(H,26,32). The molecule has 176 valence electrons. The SMILES string of the molecule is COCCNC(=O)C(c1ccco1)N(CCc1ccccc1)C(=O)Cn1nnc2ccccc21. The first kappa shape index (κ1) is 23.2. The number of rotatable bonds is 11. The van der Waals surface area contributed by atoms with Crippen molar-refractivity contribution in [2.75, 3.05) is 26.8 Å². The molecule has 0 saturated heterocycles. The van der Waals surface area contributed by atoms with E-state index in [0.29, 0.717) is 37.4 Å². The summed E-state index contributed by atoms with van der Waals surface area (Å²) in [7, 11) is 1.56. The summed E-state index contributed by atoms with van der Waals surface area (Å²) in [6.07, 6.45) is 2.07. The van der Waals surface area contributed by atoms with Crippen LogP contribution in [0.3, 0.4) is 0 Å². The van der Waals surface area contributed by atoms with Crippen molar-refractivity contribution in [1.82, 2.24) is 25.2 Å². The van der Waals surface area contributed by atoms with Gasteiger partial charge in [-0.25, -0.2) is 4.68 Å². The van der Waals surface area contributed by atoms with E-state index >= 15 is 0 Å². The second kappa shape index (κ2) is 11.2. The largest absolute Gasteiger partial charge is 0.467 e. The zero-order valence-electron chi connectivity index (χ0n) is 19.0. The third-order valence-corrected chi connectivity index (χ3v) is 5.49. The maximum atomic E-state index is 13.6. The highest BCUT2D eigenvalue weighted by Crippen LogP contribution is 2.23. The fourth-order valence-electron chi connectivity index (χ4n) is 3.79. The number of hydrogen-bond acceptors (Lipinski definition) is 6. The second-order valence-electron chi connectivity index (χ2n) is 7.76. The molecule has 0 fully saturated rings. The van der Waals surface area contributed by atoms with E-state index in [9.17, 15) is 9.59 Å². The van der Waals surface area contributed by atoms with Crippen molar-refractivity contribution < 1.29 is 18.7 Å². The first-order valence-electron chi connectivity index (χ1n) is 11.1. The van der Waals surface area contributed by atoms with Gasteiger partial charge in [-0.3, -0.25) is 9.59 Å². The Labute approximate surface area is 197 Å². The van der Waals surface area contributed by atoms with Crippen LogP contribution in [0, 0.1) is 0 Å². The number of nitrogens with zero attached hydrogens (tertiary/aromatic N) is 4. The Morgan fingerprint density at radius 3 is 2.65 bits per heavy atom. The molecule has 2 heterocycles. The lowest BCUT2D eigenvalue weighted by molar-refractivity contribution is -0.142. The van der Waals surface area contributed by atoms with Gasteiger partial charge in [0.15, 0.2) is 6.04 Å². The van der Waals surface area contributed by atoms with Crippen molar-refractivity contribution in [3.05, 3.63) is 84.3 Å². The van der Waals surface area contributed by atoms with Gasteiger partial charge in [-0.15, -0.1) is 5.10 Å². The van der Waals surface area contributed by atoms with Crippen LogP contribution in [0.4, 0.5) is 0 Å². The number of nitrogens with one attached hydrogen (secondary N) is 1. The van der Waals surface area contributed by atoms with E-state index in [1.54, 1.807) is 28.8 Å². The monoisotopic (exact) mass is 461 g/mol. The summed E-state index contributed by atoms with van der Waals surface area (Å²) in [6, 6.07) is 19.7. The number of para-hydroxylation sites is 1. The molecule has 0 radical (unpaired) electrons. The number of methoxy groups -OCH3 is 1. The summed E-state index contributed by atoms with van der Waals surface area (Å²) >= 11 is 0. The number of fused-ring (bicyclic) bond motifs is 1. The molecule has 2 amide bonds. The van der Waals surface area contributed by atoms with E-state index in [1.807, 2.05) is 54.6 Å². The van der Waals surface area contributed by atoms with Gasteiger partial charge in [0.25, 0.3) is 5.91 Å². The highest BCUT2D eigenvalue weighted by atomic mass is 16.5. The van der Waals surface area contributed by atoms with Gasteiger partial charge in [-0.2, -0.15) is 0 Å². The summed E-state index contributed by atoms with van der Waals surface area (Å²) < 4.78 is 12.2. The Bertz CT molecular complexity index is 1210. The molecule has 2 aromatic heterocycles. The lowest BCUT2D eigenvalue weighted by atomic mass is 10.1. The number of ether oxygens (including phenoxy) is 1. The van der Waals surface area contributed by atoms with E-state index in [1.165, 1.54) is 6.26 Å². The molecule has 4 aromatic rings. The van der Waals surface area contributed by atoms with Gasteiger partial charge in [0.1, 0.15) is 17.8 Å². The molecule has 0 spiro atoms. The first-order chi connectivity index (χ1) is 16.7. The summed E-state index contributed by atoms with van der Waals surface area (Å²) in [4.78, 5) is 28.4. The molecule has 4 rings (SSSR count). The van der Waals surface area contributed by atoms with E-state index in [0.717, 1.165) is 11.1 Å². The lowest BCUT2D eigenvalue weighted by Crippen LogP contribution is -2.46. The third-order valence-electron chi connectivity index (χ3n) is 5.49. The summed E-state index contributed by atoms with van der Waals surface area (Å²) in [5.41, 5.74) is 2.51. The van der Waals surface area contributed by atoms with Gasteiger partial charge in [-0.1, -0.05) is 47.7 Å². The molecule has 1 N–H and O–H groups in total. The molecular weight excluding hydrogens is 434 g/mol. The minimum atomic E-state index is -0.933. The number of carbonyl (C=O) groups excluding carboxylic acids is 2. The average molecular weight is 462 g/mol. The molecule has 2 aromatic carbocycles. The van der Waals surface area contributed by atoms with Crippen LogP contribution < -0.4 is 5.32 Å². The van der Waals surface area contributed by atoms with Crippen LogP contribution in [0.2, 0.25) is 0 Å². The van der Waals surface area contributed by atoms with Crippen LogP contribution >= 0.6 is 0 Å². The predicted molar refractivity (Wildman–Crippen MR) is 126 cm³/mol.